The molecule has 0 aromatic heterocycles. The number of halogens is 2. The molecule has 0 heterocycles. The number of hydrogen-bond donors (Lipinski definition) is 3. The van der Waals surface area contributed by atoms with Gasteiger partial charge in [-0.05, 0) is 6.08 Å². The van der Waals surface area contributed by atoms with E-state index < -0.39 is 10.8 Å². The Morgan fingerprint density at radius 1 is 1.22 bits per heavy atom. The summed E-state index contributed by atoms with van der Waals surface area (Å²) in [4.78, 5) is -0.851. The monoisotopic (exact) mass is 172 g/mol. The summed E-state index contributed by atoms with van der Waals surface area (Å²) in [5.41, 5.74) is 0. The highest BCUT2D eigenvalue weighted by molar-refractivity contribution is 6.45. The van der Waals surface area contributed by atoms with Gasteiger partial charge in [0.15, 0.2) is 0 Å². The average molecular weight is 173 g/mol. The Bertz CT molecular complexity index is 105. The number of rotatable bonds is 2. The molecule has 0 bridgehead atoms. The number of allylic oxidation sites excluding steroid dienone is 1. The predicted octanol–water partition coefficient (Wildman–Crippen LogP) is -0.0230. The number of aliphatic hydroxyl groups is 3. The Balaban J connectivity index is 3.71. The lowest BCUT2D eigenvalue weighted by atomic mass is 10.5. The maximum atomic E-state index is 8.17. The minimum atomic E-state index is -2.82. The van der Waals surface area contributed by atoms with E-state index in [1.54, 1.807) is 0 Å². The van der Waals surface area contributed by atoms with Gasteiger partial charge in [-0.2, -0.15) is 0 Å². The first-order chi connectivity index (χ1) is 3.92. The molecule has 5 heteroatoms. The van der Waals surface area contributed by atoms with E-state index in [9.17, 15) is 0 Å². The van der Waals surface area contributed by atoms with E-state index in [1.807, 2.05) is 0 Å². The Kier molecular flexibility index (Phi) is 3.46. The van der Waals surface area contributed by atoms with Crippen molar-refractivity contribution in [3.63, 3.8) is 0 Å². The molecular formula is C4H6Cl2O3. The van der Waals surface area contributed by atoms with Gasteiger partial charge in [0, 0.05) is 6.08 Å². The Morgan fingerprint density at radius 3 is 1.78 bits per heavy atom. The van der Waals surface area contributed by atoms with E-state index in [0.717, 1.165) is 6.08 Å². The van der Waals surface area contributed by atoms with Crippen LogP contribution in [0.2, 0.25) is 0 Å². The van der Waals surface area contributed by atoms with Crippen molar-refractivity contribution in [3.05, 3.63) is 12.2 Å². The molecule has 0 aromatic carbocycles. The molecule has 3 N–H and O–H groups in total. The van der Waals surface area contributed by atoms with Crippen LogP contribution in [0.5, 0.6) is 0 Å². The highest BCUT2D eigenvalue weighted by Gasteiger charge is 2.11. The van der Waals surface area contributed by atoms with Crippen molar-refractivity contribution in [3.8, 4) is 0 Å². The standard InChI is InChI=1S/C4H6Cl2O3/c5-3(6)1-2-4(7,8)9/h1-3,7-9H. The molecule has 0 unspecified atom stereocenters. The molecule has 0 saturated carbocycles. The summed E-state index contributed by atoms with van der Waals surface area (Å²) >= 11 is 10.3. The smallest absolute Gasteiger partial charge is 0.297 e. The van der Waals surface area contributed by atoms with Gasteiger partial charge in [-0.1, -0.05) is 0 Å². The summed E-state index contributed by atoms with van der Waals surface area (Å²) in [6.45, 7) is 0. The van der Waals surface area contributed by atoms with Crippen LogP contribution in [0.15, 0.2) is 12.2 Å². The van der Waals surface area contributed by atoms with E-state index in [0.29, 0.717) is 6.08 Å². The highest BCUT2D eigenvalue weighted by Crippen LogP contribution is 2.05. The molecular weight excluding hydrogens is 167 g/mol. The summed E-state index contributed by atoms with van der Waals surface area (Å²) in [5.74, 6) is -2.82. The quantitative estimate of drug-likeness (QED) is 0.312. The molecule has 0 radical (unpaired) electrons. The van der Waals surface area contributed by atoms with Crippen LogP contribution in [-0.4, -0.2) is 26.1 Å². The fraction of sp³-hybridized carbons (Fsp3) is 0.500. The zero-order valence-corrected chi connectivity index (χ0v) is 5.84. The SMILES string of the molecule is OC(O)(O)C=CC(Cl)Cl. The van der Waals surface area contributed by atoms with E-state index in [2.05, 4.69) is 0 Å². The minimum absolute atomic E-state index is 0.664. The van der Waals surface area contributed by atoms with Gasteiger partial charge in [-0.25, -0.2) is 0 Å². The lowest BCUT2D eigenvalue weighted by molar-refractivity contribution is -0.273. The summed E-state index contributed by atoms with van der Waals surface area (Å²) < 4.78 is 0. The molecule has 0 aliphatic carbocycles. The highest BCUT2D eigenvalue weighted by atomic mass is 35.5. The van der Waals surface area contributed by atoms with Gasteiger partial charge in [0.25, 0.3) is 5.97 Å². The maximum absolute atomic E-state index is 8.17. The predicted molar refractivity (Wildman–Crippen MR) is 34.0 cm³/mol. The molecule has 0 spiro atoms. The fourth-order valence-electron chi connectivity index (χ4n) is 0.202. The molecule has 0 atom stereocenters. The maximum Gasteiger partial charge on any atom is 0.297 e. The zero-order valence-electron chi connectivity index (χ0n) is 4.33. The average Bonchev–Trinajstić information content (AvgIpc) is 1.59. The van der Waals surface area contributed by atoms with Gasteiger partial charge in [-0.15, -0.1) is 23.2 Å². The Labute approximate surface area is 62.1 Å². The van der Waals surface area contributed by atoms with Crippen molar-refractivity contribution < 1.29 is 15.3 Å². The third kappa shape index (κ3) is 8.20. The third-order valence-corrected chi connectivity index (χ3v) is 0.756. The largest absolute Gasteiger partial charge is 0.340 e. The second-order valence-corrected chi connectivity index (χ2v) is 2.54. The normalized spacial score (nSPS) is 13.6. The van der Waals surface area contributed by atoms with Crippen molar-refractivity contribution in [2.45, 2.75) is 10.8 Å². The van der Waals surface area contributed by atoms with Crippen LogP contribution in [0.1, 0.15) is 0 Å². The first-order valence-corrected chi connectivity index (χ1v) is 2.94. The van der Waals surface area contributed by atoms with E-state index in [-0.39, 0.29) is 0 Å². The molecule has 0 aliphatic rings. The van der Waals surface area contributed by atoms with E-state index in [4.69, 9.17) is 38.5 Å². The van der Waals surface area contributed by atoms with Gasteiger partial charge < -0.3 is 15.3 Å². The van der Waals surface area contributed by atoms with E-state index in [1.165, 1.54) is 0 Å². The van der Waals surface area contributed by atoms with Crippen LogP contribution in [0, 0.1) is 0 Å². The minimum Gasteiger partial charge on any atom is -0.340 e. The summed E-state index contributed by atoms with van der Waals surface area (Å²) in [6.07, 6.45) is 1.70. The van der Waals surface area contributed by atoms with Crippen molar-refractivity contribution in [1.82, 2.24) is 0 Å². The van der Waals surface area contributed by atoms with Crippen molar-refractivity contribution in [2.24, 2.45) is 0 Å². The molecule has 3 nitrogen and oxygen atoms in total. The van der Waals surface area contributed by atoms with Crippen molar-refractivity contribution >= 4 is 23.2 Å². The summed E-state index contributed by atoms with van der Waals surface area (Å²) in [5, 5.41) is 24.5. The van der Waals surface area contributed by atoms with Gasteiger partial charge in [0.05, 0.1) is 0 Å². The number of hydrogen-bond acceptors (Lipinski definition) is 3. The van der Waals surface area contributed by atoms with Crippen LogP contribution in [0.25, 0.3) is 0 Å². The molecule has 0 rings (SSSR count). The fourth-order valence-corrected chi connectivity index (χ4v) is 0.347. The molecule has 0 aromatic rings. The molecule has 0 amide bonds. The van der Waals surface area contributed by atoms with Crippen LogP contribution in [0.3, 0.4) is 0 Å². The number of alkyl halides is 2. The second-order valence-electron chi connectivity index (χ2n) is 1.38. The van der Waals surface area contributed by atoms with Crippen molar-refractivity contribution in [2.75, 3.05) is 0 Å². The van der Waals surface area contributed by atoms with Gasteiger partial charge in [0.2, 0.25) is 0 Å². The van der Waals surface area contributed by atoms with Crippen LogP contribution >= 0.6 is 23.2 Å². The first-order valence-electron chi connectivity index (χ1n) is 2.06. The molecule has 54 valence electrons. The summed E-state index contributed by atoms with van der Waals surface area (Å²) in [6, 6.07) is 0. The Hall–Kier alpha value is 0.200. The topological polar surface area (TPSA) is 60.7 Å². The van der Waals surface area contributed by atoms with Gasteiger partial charge in [0.1, 0.15) is 4.84 Å². The molecule has 0 aliphatic heterocycles. The lowest BCUT2D eigenvalue weighted by Gasteiger charge is -2.06. The molecule has 0 saturated heterocycles. The summed E-state index contributed by atoms with van der Waals surface area (Å²) in [7, 11) is 0. The van der Waals surface area contributed by atoms with Gasteiger partial charge in [-0.3, -0.25) is 0 Å². The van der Waals surface area contributed by atoms with Gasteiger partial charge >= 0.3 is 0 Å². The van der Waals surface area contributed by atoms with Crippen molar-refractivity contribution in [1.29, 1.82) is 0 Å². The lowest BCUT2D eigenvalue weighted by Crippen LogP contribution is -2.23. The van der Waals surface area contributed by atoms with E-state index >= 15 is 0 Å². The second kappa shape index (κ2) is 3.39. The Morgan fingerprint density at radius 2 is 1.67 bits per heavy atom. The molecule has 9 heavy (non-hydrogen) atoms. The first kappa shape index (κ1) is 9.20. The van der Waals surface area contributed by atoms with Crippen LogP contribution in [-0.2, 0) is 0 Å². The molecule has 0 fully saturated rings. The third-order valence-electron chi connectivity index (χ3n) is 0.465. The zero-order chi connectivity index (χ0) is 7.49. The van der Waals surface area contributed by atoms with Crippen LogP contribution < -0.4 is 0 Å². The van der Waals surface area contributed by atoms with Crippen LogP contribution in [0.4, 0.5) is 0 Å².